The number of rotatable bonds is 1. The van der Waals surface area contributed by atoms with Crippen LogP contribution in [-0.2, 0) is 9.47 Å². The molecule has 0 aromatic carbocycles. The number of ether oxygens (including phenoxy) is 2. The molecule has 0 radical (unpaired) electrons. The van der Waals surface area contributed by atoms with Crippen LogP contribution in [0.2, 0.25) is 0 Å². The van der Waals surface area contributed by atoms with Gasteiger partial charge in [0.15, 0.2) is 0 Å². The van der Waals surface area contributed by atoms with E-state index in [4.69, 9.17) is 9.47 Å². The van der Waals surface area contributed by atoms with Crippen LogP contribution in [0.4, 0.5) is 4.79 Å². The van der Waals surface area contributed by atoms with E-state index < -0.39 is 5.60 Å². The van der Waals surface area contributed by atoms with E-state index in [1.165, 1.54) is 0 Å². The predicted molar refractivity (Wildman–Crippen MR) is 61.3 cm³/mol. The zero-order valence-electron chi connectivity index (χ0n) is 9.38. The number of hydrogen-bond donors (Lipinski definition) is 1. The van der Waals surface area contributed by atoms with Gasteiger partial charge < -0.3 is 14.8 Å². The summed E-state index contributed by atoms with van der Waals surface area (Å²) in [4.78, 5) is 11.7. The molecule has 0 aliphatic carbocycles. The lowest BCUT2D eigenvalue weighted by Crippen LogP contribution is -2.45. The Labute approximate surface area is 98.8 Å². The molecule has 2 atom stereocenters. The smallest absolute Gasteiger partial charge is 0.407 e. The summed E-state index contributed by atoms with van der Waals surface area (Å²) in [6.07, 6.45) is 0.497. The van der Waals surface area contributed by atoms with Crippen LogP contribution in [0.1, 0.15) is 27.2 Å². The van der Waals surface area contributed by atoms with E-state index in [9.17, 15) is 4.79 Å². The van der Waals surface area contributed by atoms with Gasteiger partial charge in [-0.2, -0.15) is 0 Å². The molecule has 1 heterocycles. The number of hydrogen-bond acceptors (Lipinski definition) is 3. The van der Waals surface area contributed by atoms with E-state index in [1.54, 1.807) is 0 Å². The highest BCUT2D eigenvalue weighted by Gasteiger charge is 2.24. The van der Waals surface area contributed by atoms with Gasteiger partial charge in [0, 0.05) is 4.83 Å². The third-order valence-corrected chi connectivity index (χ3v) is 2.52. The van der Waals surface area contributed by atoms with Gasteiger partial charge in [-0.3, -0.25) is 0 Å². The monoisotopic (exact) mass is 279 g/mol. The summed E-state index contributed by atoms with van der Waals surface area (Å²) in [5.74, 6) is 0. The van der Waals surface area contributed by atoms with E-state index in [1.807, 2.05) is 20.8 Å². The molecule has 1 amide bonds. The highest BCUT2D eigenvalue weighted by atomic mass is 79.9. The topological polar surface area (TPSA) is 47.6 Å². The molecule has 1 aliphatic heterocycles. The Morgan fingerprint density at radius 1 is 1.47 bits per heavy atom. The van der Waals surface area contributed by atoms with Crippen molar-refractivity contribution < 1.29 is 14.3 Å². The van der Waals surface area contributed by atoms with Crippen LogP contribution >= 0.6 is 15.9 Å². The molecule has 0 saturated carbocycles. The van der Waals surface area contributed by atoms with Crippen molar-refractivity contribution in [1.82, 2.24) is 5.32 Å². The Morgan fingerprint density at radius 3 is 2.67 bits per heavy atom. The van der Waals surface area contributed by atoms with Crippen LogP contribution in [-0.4, -0.2) is 35.8 Å². The van der Waals surface area contributed by atoms with Gasteiger partial charge in [0.1, 0.15) is 5.60 Å². The Morgan fingerprint density at radius 2 is 2.13 bits per heavy atom. The Kier molecular flexibility index (Phi) is 4.40. The van der Waals surface area contributed by atoms with Gasteiger partial charge in [-0.05, 0) is 27.2 Å². The zero-order chi connectivity index (χ0) is 11.5. The summed E-state index contributed by atoms with van der Waals surface area (Å²) >= 11 is 3.46. The van der Waals surface area contributed by atoms with Gasteiger partial charge >= 0.3 is 6.09 Å². The van der Waals surface area contributed by atoms with E-state index in [-0.39, 0.29) is 12.1 Å². The Bertz CT molecular complexity index is 227. The van der Waals surface area contributed by atoms with Crippen molar-refractivity contribution in [1.29, 1.82) is 0 Å². The van der Waals surface area contributed by atoms with E-state index in [0.717, 1.165) is 6.42 Å². The maximum Gasteiger partial charge on any atom is 0.407 e. The fourth-order valence-electron chi connectivity index (χ4n) is 1.36. The number of amides is 1. The van der Waals surface area contributed by atoms with Crippen LogP contribution in [0.3, 0.4) is 0 Å². The minimum Gasteiger partial charge on any atom is -0.444 e. The third kappa shape index (κ3) is 5.37. The zero-order valence-corrected chi connectivity index (χ0v) is 11.0. The minimum atomic E-state index is -0.451. The number of alkyl halides is 1. The lowest BCUT2D eigenvalue weighted by atomic mass is 10.1. The molecule has 0 aromatic rings. The molecule has 0 spiro atoms. The summed E-state index contributed by atoms with van der Waals surface area (Å²) in [6, 6.07) is 0.0398. The van der Waals surface area contributed by atoms with Gasteiger partial charge in [-0.1, -0.05) is 15.9 Å². The highest BCUT2D eigenvalue weighted by Crippen LogP contribution is 2.15. The molecule has 15 heavy (non-hydrogen) atoms. The number of halogens is 1. The normalized spacial score (nSPS) is 27.2. The summed E-state index contributed by atoms with van der Waals surface area (Å²) in [6.45, 7) is 6.79. The first-order valence-corrected chi connectivity index (χ1v) is 6.00. The maximum atomic E-state index is 11.4. The quantitative estimate of drug-likeness (QED) is 0.748. The van der Waals surface area contributed by atoms with Crippen molar-refractivity contribution in [2.45, 2.75) is 43.7 Å². The number of alkyl carbamates (subject to hydrolysis) is 1. The lowest BCUT2D eigenvalue weighted by molar-refractivity contribution is 0.0364. The summed E-state index contributed by atoms with van der Waals surface area (Å²) in [5.41, 5.74) is -0.451. The lowest BCUT2D eigenvalue weighted by Gasteiger charge is -2.28. The van der Waals surface area contributed by atoms with Crippen molar-refractivity contribution in [3.63, 3.8) is 0 Å². The Hall–Kier alpha value is -0.290. The second-order valence-electron chi connectivity index (χ2n) is 4.71. The number of nitrogens with one attached hydrogen (secondary N) is 1. The molecule has 5 heteroatoms. The first-order chi connectivity index (χ1) is 6.87. The first kappa shape index (κ1) is 12.8. The van der Waals surface area contributed by atoms with Gasteiger partial charge in [0.25, 0.3) is 0 Å². The van der Waals surface area contributed by atoms with Crippen molar-refractivity contribution in [2.75, 3.05) is 13.2 Å². The molecule has 1 saturated heterocycles. The van der Waals surface area contributed by atoms with Crippen molar-refractivity contribution in [3.05, 3.63) is 0 Å². The van der Waals surface area contributed by atoms with Gasteiger partial charge in [0.05, 0.1) is 19.3 Å². The largest absolute Gasteiger partial charge is 0.444 e. The van der Waals surface area contributed by atoms with Crippen LogP contribution in [0.25, 0.3) is 0 Å². The molecule has 0 bridgehead atoms. The molecule has 0 aromatic heterocycles. The average molecular weight is 280 g/mol. The SMILES string of the molecule is CC(C)(C)OC(=O)NC1COCC(Br)C1. The van der Waals surface area contributed by atoms with Gasteiger partial charge in [-0.25, -0.2) is 4.79 Å². The third-order valence-electron chi connectivity index (χ3n) is 1.88. The average Bonchev–Trinajstić information content (AvgIpc) is 1.99. The molecule has 4 nitrogen and oxygen atoms in total. The Balaban J connectivity index is 2.31. The maximum absolute atomic E-state index is 11.4. The summed E-state index contributed by atoms with van der Waals surface area (Å²) < 4.78 is 10.5. The first-order valence-electron chi connectivity index (χ1n) is 5.08. The molecule has 1 aliphatic rings. The fraction of sp³-hybridized carbons (Fsp3) is 0.900. The van der Waals surface area contributed by atoms with Gasteiger partial charge in [0.2, 0.25) is 0 Å². The van der Waals surface area contributed by atoms with Crippen LogP contribution in [0, 0.1) is 0 Å². The fourth-order valence-corrected chi connectivity index (χ4v) is 2.00. The van der Waals surface area contributed by atoms with Gasteiger partial charge in [-0.15, -0.1) is 0 Å². The second-order valence-corrected chi connectivity index (χ2v) is 6.01. The molecule has 88 valence electrons. The van der Waals surface area contributed by atoms with Crippen molar-refractivity contribution in [3.8, 4) is 0 Å². The van der Waals surface area contributed by atoms with Crippen LogP contribution < -0.4 is 5.32 Å². The van der Waals surface area contributed by atoms with Crippen molar-refractivity contribution in [2.24, 2.45) is 0 Å². The predicted octanol–water partition coefficient (Wildman–Crippen LogP) is 2.06. The van der Waals surface area contributed by atoms with E-state index in [2.05, 4.69) is 21.2 Å². The van der Waals surface area contributed by atoms with Crippen LogP contribution in [0.15, 0.2) is 0 Å². The van der Waals surface area contributed by atoms with Crippen molar-refractivity contribution >= 4 is 22.0 Å². The number of carbonyl (C=O) groups is 1. The second kappa shape index (κ2) is 5.16. The molecular weight excluding hydrogens is 262 g/mol. The molecular formula is C10H18BrNO3. The summed E-state index contributed by atoms with van der Waals surface area (Å²) in [7, 11) is 0. The van der Waals surface area contributed by atoms with E-state index in [0.29, 0.717) is 18.0 Å². The van der Waals surface area contributed by atoms with Crippen LogP contribution in [0.5, 0.6) is 0 Å². The minimum absolute atomic E-state index is 0.0398. The number of carbonyl (C=O) groups excluding carboxylic acids is 1. The molecule has 1 N–H and O–H groups in total. The molecule has 1 fully saturated rings. The summed E-state index contributed by atoms with van der Waals surface area (Å²) in [5, 5.41) is 2.79. The highest BCUT2D eigenvalue weighted by molar-refractivity contribution is 9.09. The van der Waals surface area contributed by atoms with E-state index >= 15 is 0 Å². The molecule has 2 unspecified atom stereocenters. The standard InChI is InChI=1S/C10H18BrNO3/c1-10(2,3)15-9(13)12-8-4-7(11)5-14-6-8/h7-8H,4-6H2,1-3H3,(H,12,13). The molecule has 1 rings (SSSR count).